The highest BCUT2D eigenvalue weighted by Crippen LogP contribution is 2.16. The molecule has 1 N–H and O–H groups in total. The highest BCUT2D eigenvalue weighted by molar-refractivity contribution is 7.09. The van der Waals surface area contributed by atoms with Gasteiger partial charge >= 0.3 is 0 Å². The standard InChI is InChI=1S/C14H21N3O2S/c1-4-5-11-14(19)17(10(3)13(18)16-11)7-6-12-15-9(2)8-20-12/h8,10-11H,4-7H2,1-3H3,(H,16,18). The predicted molar refractivity (Wildman–Crippen MR) is 78.6 cm³/mol. The minimum absolute atomic E-state index is 0.0345. The Morgan fingerprint density at radius 3 is 2.80 bits per heavy atom. The lowest BCUT2D eigenvalue weighted by atomic mass is 10.0. The number of hydrogen-bond donors (Lipinski definition) is 1. The van der Waals surface area contributed by atoms with E-state index in [0.717, 1.165) is 17.1 Å². The average Bonchev–Trinajstić information content (AvgIpc) is 2.82. The van der Waals surface area contributed by atoms with Crippen molar-refractivity contribution in [3.8, 4) is 0 Å². The van der Waals surface area contributed by atoms with Crippen LogP contribution in [0.25, 0.3) is 0 Å². The maximum absolute atomic E-state index is 12.4. The SMILES string of the molecule is CCCC1NC(=O)C(C)N(CCc2nc(C)cs2)C1=O. The zero-order valence-electron chi connectivity index (χ0n) is 12.2. The van der Waals surface area contributed by atoms with E-state index in [-0.39, 0.29) is 17.9 Å². The topological polar surface area (TPSA) is 62.3 Å². The Hall–Kier alpha value is -1.43. The Morgan fingerprint density at radius 2 is 2.20 bits per heavy atom. The molecular weight excluding hydrogens is 274 g/mol. The molecule has 0 spiro atoms. The van der Waals surface area contributed by atoms with Gasteiger partial charge in [0.05, 0.1) is 5.01 Å². The number of carbonyl (C=O) groups excluding carboxylic acids is 2. The molecular formula is C14H21N3O2S. The van der Waals surface area contributed by atoms with Crippen LogP contribution in [0.15, 0.2) is 5.38 Å². The van der Waals surface area contributed by atoms with E-state index < -0.39 is 6.04 Å². The monoisotopic (exact) mass is 295 g/mol. The van der Waals surface area contributed by atoms with E-state index in [1.807, 2.05) is 19.2 Å². The quantitative estimate of drug-likeness (QED) is 0.895. The Balaban J connectivity index is 2.03. The summed E-state index contributed by atoms with van der Waals surface area (Å²) in [5.74, 6) is -0.0226. The number of nitrogens with one attached hydrogen (secondary N) is 1. The summed E-state index contributed by atoms with van der Waals surface area (Å²) in [6, 6.07) is -0.751. The van der Waals surface area contributed by atoms with Crippen LogP contribution in [0, 0.1) is 6.92 Å². The zero-order chi connectivity index (χ0) is 14.7. The minimum Gasteiger partial charge on any atom is -0.343 e. The van der Waals surface area contributed by atoms with Gasteiger partial charge in [0.2, 0.25) is 11.8 Å². The van der Waals surface area contributed by atoms with Crippen molar-refractivity contribution in [2.45, 2.75) is 52.1 Å². The number of hydrogen-bond acceptors (Lipinski definition) is 4. The first-order valence-corrected chi connectivity index (χ1v) is 7.92. The van der Waals surface area contributed by atoms with E-state index in [9.17, 15) is 9.59 Å². The molecule has 0 bridgehead atoms. The highest BCUT2D eigenvalue weighted by atomic mass is 32.1. The first-order chi connectivity index (χ1) is 9.52. The van der Waals surface area contributed by atoms with E-state index in [4.69, 9.17) is 0 Å². The predicted octanol–water partition coefficient (Wildman–Crippen LogP) is 1.51. The molecule has 0 radical (unpaired) electrons. The molecule has 110 valence electrons. The largest absolute Gasteiger partial charge is 0.343 e. The Bertz CT molecular complexity index is 500. The van der Waals surface area contributed by atoms with Crippen molar-refractivity contribution in [3.63, 3.8) is 0 Å². The summed E-state index contributed by atoms with van der Waals surface area (Å²) >= 11 is 1.60. The van der Waals surface area contributed by atoms with Gasteiger partial charge < -0.3 is 10.2 Å². The Labute approximate surface area is 123 Å². The van der Waals surface area contributed by atoms with Crippen molar-refractivity contribution in [3.05, 3.63) is 16.1 Å². The minimum atomic E-state index is -0.392. The lowest BCUT2D eigenvalue weighted by Gasteiger charge is -2.37. The van der Waals surface area contributed by atoms with Crippen LogP contribution in [-0.4, -0.2) is 40.3 Å². The summed E-state index contributed by atoms with van der Waals surface area (Å²) < 4.78 is 0. The van der Waals surface area contributed by atoms with Gasteiger partial charge in [0, 0.05) is 24.0 Å². The number of rotatable bonds is 5. The van der Waals surface area contributed by atoms with Crippen LogP contribution in [0.4, 0.5) is 0 Å². The molecule has 1 saturated heterocycles. The molecule has 1 aromatic heterocycles. The smallest absolute Gasteiger partial charge is 0.245 e. The Morgan fingerprint density at radius 1 is 1.45 bits per heavy atom. The fourth-order valence-electron chi connectivity index (χ4n) is 2.41. The van der Waals surface area contributed by atoms with Gasteiger partial charge in [-0.05, 0) is 20.3 Å². The third-order valence-electron chi connectivity index (χ3n) is 3.56. The van der Waals surface area contributed by atoms with E-state index in [2.05, 4.69) is 10.3 Å². The van der Waals surface area contributed by atoms with Gasteiger partial charge in [-0.3, -0.25) is 9.59 Å². The van der Waals surface area contributed by atoms with Gasteiger partial charge in [-0.2, -0.15) is 0 Å². The van der Waals surface area contributed by atoms with Crippen molar-refractivity contribution >= 4 is 23.2 Å². The van der Waals surface area contributed by atoms with Crippen molar-refractivity contribution in [2.75, 3.05) is 6.54 Å². The summed E-state index contributed by atoms with van der Waals surface area (Å²) in [7, 11) is 0. The second-order valence-electron chi connectivity index (χ2n) is 5.19. The number of thiazole rings is 1. The fourth-order valence-corrected chi connectivity index (χ4v) is 3.17. The molecule has 2 unspecified atom stereocenters. The van der Waals surface area contributed by atoms with Crippen LogP contribution < -0.4 is 5.32 Å². The third-order valence-corrected chi connectivity index (χ3v) is 4.58. The van der Waals surface area contributed by atoms with Crippen molar-refractivity contribution in [1.29, 1.82) is 0 Å². The van der Waals surface area contributed by atoms with Crippen LogP contribution in [0.2, 0.25) is 0 Å². The molecule has 1 aliphatic rings. The number of aromatic nitrogens is 1. The summed E-state index contributed by atoms with van der Waals surface area (Å²) in [4.78, 5) is 30.4. The van der Waals surface area contributed by atoms with Gasteiger partial charge in [-0.25, -0.2) is 4.98 Å². The number of piperazine rings is 1. The molecule has 5 nitrogen and oxygen atoms in total. The maximum atomic E-state index is 12.4. The van der Waals surface area contributed by atoms with Crippen LogP contribution >= 0.6 is 11.3 Å². The van der Waals surface area contributed by atoms with Gasteiger partial charge in [-0.1, -0.05) is 13.3 Å². The molecule has 0 saturated carbocycles. The molecule has 20 heavy (non-hydrogen) atoms. The molecule has 2 atom stereocenters. The second kappa shape index (κ2) is 6.35. The van der Waals surface area contributed by atoms with Crippen molar-refractivity contribution < 1.29 is 9.59 Å². The molecule has 1 fully saturated rings. The van der Waals surface area contributed by atoms with Gasteiger partial charge in [-0.15, -0.1) is 11.3 Å². The lowest BCUT2D eigenvalue weighted by molar-refractivity contribution is -0.148. The van der Waals surface area contributed by atoms with E-state index in [0.29, 0.717) is 19.4 Å². The molecule has 2 rings (SSSR count). The number of nitrogens with zero attached hydrogens (tertiary/aromatic N) is 2. The highest BCUT2D eigenvalue weighted by Gasteiger charge is 2.37. The number of amides is 2. The van der Waals surface area contributed by atoms with Crippen LogP contribution in [0.3, 0.4) is 0 Å². The fraction of sp³-hybridized carbons (Fsp3) is 0.643. The molecule has 2 heterocycles. The Kier molecular flexibility index (Phi) is 4.75. The molecule has 1 aromatic rings. The molecule has 2 amide bonds. The van der Waals surface area contributed by atoms with Crippen LogP contribution in [0.5, 0.6) is 0 Å². The maximum Gasteiger partial charge on any atom is 0.245 e. The molecule has 1 aliphatic heterocycles. The number of aryl methyl sites for hydroxylation is 1. The first-order valence-electron chi connectivity index (χ1n) is 7.04. The second-order valence-corrected chi connectivity index (χ2v) is 6.13. The first kappa shape index (κ1) is 15.0. The summed E-state index contributed by atoms with van der Waals surface area (Å²) in [5, 5.41) is 5.82. The summed E-state index contributed by atoms with van der Waals surface area (Å²) in [6.07, 6.45) is 2.29. The van der Waals surface area contributed by atoms with Crippen LogP contribution in [0.1, 0.15) is 37.4 Å². The van der Waals surface area contributed by atoms with Gasteiger partial charge in [0.1, 0.15) is 12.1 Å². The van der Waals surface area contributed by atoms with E-state index in [1.54, 1.807) is 23.2 Å². The van der Waals surface area contributed by atoms with Gasteiger partial charge in [0.15, 0.2) is 0 Å². The summed E-state index contributed by atoms with van der Waals surface area (Å²) in [5.41, 5.74) is 1.00. The molecule has 0 aliphatic carbocycles. The summed E-state index contributed by atoms with van der Waals surface area (Å²) in [6.45, 7) is 6.31. The molecule has 0 aromatic carbocycles. The van der Waals surface area contributed by atoms with E-state index in [1.165, 1.54) is 0 Å². The van der Waals surface area contributed by atoms with Crippen molar-refractivity contribution in [2.24, 2.45) is 0 Å². The average molecular weight is 295 g/mol. The zero-order valence-corrected chi connectivity index (χ0v) is 13.0. The third kappa shape index (κ3) is 3.17. The van der Waals surface area contributed by atoms with Crippen LogP contribution in [-0.2, 0) is 16.0 Å². The van der Waals surface area contributed by atoms with Gasteiger partial charge in [0.25, 0.3) is 0 Å². The van der Waals surface area contributed by atoms with Crippen molar-refractivity contribution in [1.82, 2.24) is 15.2 Å². The molecule has 6 heteroatoms. The lowest BCUT2D eigenvalue weighted by Crippen LogP contribution is -2.62. The normalized spacial score (nSPS) is 23.1. The number of carbonyl (C=O) groups is 2. The van der Waals surface area contributed by atoms with E-state index >= 15 is 0 Å².